The average molecular weight is 291 g/mol. The molecule has 1 aromatic carbocycles. The average Bonchev–Trinajstić information content (AvgIpc) is 2.90. The van der Waals surface area contributed by atoms with Crippen LogP contribution in [0.3, 0.4) is 0 Å². The van der Waals surface area contributed by atoms with Crippen molar-refractivity contribution < 1.29 is 14.2 Å². The van der Waals surface area contributed by atoms with Crippen molar-refractivity contribution >= 4 is 0 Å². The van der Waals surface area contributed by atoms with Gasteiger partial charge in [0.25, 0.3) is 0 Å². The summed E-state index contributed by atoms with van der Waals surface area (Å²) in [4.78, 5) is 0. The number of methoxy groups -OCH3 is 1. The molecule has 1 N–H and O–H groups in total. The molecule has 1 fully saturated rings. The van der Waals surface area contributed by atoms with E-state index < -0.39 is 0 Å². The highest BCUT2D eigenvalue weighted by atomic mass is 16.5. The van der Waals surface area contributed by atoms with Crippen molar-refractivity contribution in [3.63, 3.8) is 0 Å². The van der Waals surface area contributed by atoms with Crippen molar-refractivity contribution in [2.45, 2.75) is 43.9 Å². The van der Waals surface area contributed by atoms with Gasteiger partial charge in [-0.15, -0.1) is 0 Å². The predicted molar refractivity (Wildman–Crippen MR) is 81.8 cm³/mol. The molecule has 0 aromatic heterocycles. The largest absolute Gasteiger partial charge is 0.497 e. The van der Waals surface area contributed by atoms with Crippen molar-refractivity contribution in [2.24, 2.45) is 0 Å². The monoisotopic (exact) mass is 291 g/mol. The first kappa shape index (κ1) is 14.8. The van der Waals surface area contributed by atoms with Gasteiger partial charge in [-0.1, -0.05) is 6.07 Å². The van der Waals surface area contributed by atoms with E-state index in [-0.39, 0.29) is 18.2 Å². The molecule has 0 radical (unpaired) electrons. The molecule has 0 amide bonds. The van der Waals surface area contributed by atoms with Crippen LogP contribution in [0.2, 0.25) is 0 Å². The number of rotatable bonds is 5. The van der Waals surface area contributed by atoms with Gasteiger partial charge in [0.2, 0.25) is 0 Å². The summed E-state index contributed by atoms with van der Waals surface area (Å²) in [5.41, 5.74) is 2.65. The zero-order chi connectivity index (χ0) is 14.7. The number of hydrogen-bond donors (Lipinski definition) is 1. The Kier molecular flexibility index (Phi) is 4.78. The summed E-state index contributed by atoms with van der Waals surface area (Å²) >= 11 is 0. The molecule has 4 nitrogen and oxygen atoms in total. The lowest BCUT2D eigenvalue weighted by Crippen LogP contribution is -2.32. The fourth-order valence-corrected chi connectivity index (χ4v) is 3.38. The molecule has 0 spiro atoms. The van der Waals surface area contributed by atoms with Crippen LogP contribution in [-0.4, -0.2) is 39.6 Å². The van der Waals surface area contributed by atoms with Gasteiger partial charge in [-0.05, 0) is 49.6 Å². The summed E-state index contributed by atoms with van der Waals surface area (Å²) in [6.07, 6.45) is 4.97. The zero-order valence-electron chi connectivity index (χ0n) is 12.9. The first-order valence-corrected chi connectivity index (χ1v) is 7.89. The third-order valence-corrected chi connectivity index (χ3v) is 4.56. The number of benzene rings is 1. The van der Waals surface area contributed by atoms with Gasteiger partial charge in [-0.3, -0.25) is 0 Å². The second-order valence-electron chi connectivity index (χ2n) is 5.90. The van der Waals surface area contributed by atoms with Crippen molar-refractivity contribution in [3.8, 4) is 5.75 Å². The van der Waals surface area contributed by atoms with Gasteiger partial charge in [0, 0.05) is 13.0 Å². The van der Waals surface area contributed by atoms with E-state index in [1.807, 2.05) is 13.1 Å². The standard InChI is InChI=1S/C17H25NO3/c1-18-17-15-10-13(19-2)7-6-12(15)9-16(17)21-11-14-5-3-4-8-20-14/h6-7,10,14,16-18H,3-5,8-9,11H2,1-2H3. The molecule has 0 saturated carbocycles. The Morgan fingerprint density at radius 2 is 2.24 bits per heavy atom. The predicted octanol–water partition coefficient (Wildman–Crippen LogP) is 2.47. The lowest BCUT2D eigenvalue weighted by molar-refractivity contribution is -0.0675. The van der Waals surface area contributed by atoms with Crippen molar-refractivity contribution in [1.29, 1.82) is 0 Å². The van der Waals surface area contributed by atoms with Crippen LogP contribution in [0.1, 0.15) is 36.4 Å². The van der Waals surface area contributed by atoms with E-state index in [0.717, 1.165) is 25.2 Å². The van der Waals surface area contributed by atoms with E-state index >= 15 is 0 Å². The lowest BCUT2D eigenvalue weighted by atomic mass is 10.1. The number of ether oxygens (including phenoxy) is 3. The van der Waals surface area contributed by atoms with Crippen LogP contribution in [0.5, 0.6) is 5.75 Å². The second-order valence-corrected chi connectivity index (χ2v) is 5.90. The van der Waals surface area contributed by atoms with Gasteiger partial charge in [-0.2, -0.15) is 0 Å². The number of likely N-dealkylation sites (N-methyl/N-ethyl adjacent to an activating group) is 1. The summed E-state index contributed by atoms with van der Waals surface area (Å²) in [7, 11) is 3.70. The summed E-state index contributed by atoms with van der Waals surface area (Å²) in [6.45, 7) is 1.58. The molecular weight excluding hydrogens is 266 g/mol. The summed E-state index contributed by atoms with van der Waals surface area (Å²) in [5.74, 6) is 0.908. The highest BCUT2D eigenvalue weighted by molar-refractivity contribution is 5.42. The Morgan fingerprint density at radius 3 is 2.95 bits per heavy atom. The first-order chi connectivity index (χ1) is 10.3. The van der Waals surface area contributed by atoms with E-state index in [1.54, 1.807) is 7.11 Å². The van der Waals surface area contributed by atoms with Crippen LogP contribution in [-0.2, 0) is 15.9 Å². The van der Waals surface area contributed by atoms with Crippen molar-refractivity contribution in [1.82, 2.24) is 5.32 Å². The van der Waals surface area contributed by atoms with Crippen molar-refractivity contribution in [3.05, 3.63) is 29.3 Å². The van der Waals surface area contributed by atoms with Crippen LogP contribution in [0, 0.1) is 0 Å². The van der Waals surface area contributed by atoms with Crippen LogP contribution in [0.25, 0.3) is 0 Å². The van der Waals surface area contributed by atoms with Crippen LogP contribution in [0.4, 0.5) is 0 Å². The maximum absolute atomic E-state index is 6.17. The van der Waals surface area contributed by atoms with Gasteiger partial charge in [0.05, 0.1) is 32.0 Å². The minimum absolute atomic E-state index is 0.183. The van der Waals surface area contributed by atoms with E-state index in [2.05, 4.69) is 17.4 Å². The van der Waals surface area contributed by atoms with Gasteiger partial charge in [0.1, 0.15) is 5.75 Å². The van der Waals surface area contributed by atoms with Gasteiger partial charge in [0.15, 0.2) is 0 Å². The molecule has 1 aliphatic carbocycles. The molecule has 1 aliphatic heterocycles. The quantitative estimate of drug-likeness (QED) is 0.904. The maximum atomic E-state index is 6.17. The topological polar surface area (TPSA) is 39.7 Å². The molecule has 3 rings (SSSR count). The number of fused-ring (bicyclic) bond motifs is 1. The Morgan fingerprint density at radius 1 is 1.33 bits per heavy atom. The van der Waals surface area contributed by atoms with E-state index in [9.17, 15) is 0 Å². The maximum Gasteiger partial charge on any atom is 0.119 e. The molecule has 1 heterocycles. The van der Waals surface area contributed by atoms with Crippen LogP contribution < -0.4 is 10.1 Å². The summed E-state index contributed by atoms with van der Waals surface area (Å²) < 4.78 is 17.3. The molecule has 3 unspecified atom stereocenters. The Balaban J connectivity index is 1.64. The highest BCUT2D eigenvalue weighted by Gasteiger charge is 2.33. The summed E-state index contributed by atoms with van der Waals surface area (Å²) in [6, 6.07) is 6.53. The fraction of sp³-hybridized carbons (Fsp3) is 0.647. The summed E-state index contributed by atoms with van der Waals surface area (Å²) in [5, 5.41) is 3.39. The van der Waals surface area contributed by atoms with Crippen molar-refractivity contribution in [2.75, 3.05) is 27.4 Å². The van der Waals surface area contributed by atoms with Crippen LogP contribution in [0.15, 0.2) is 18.2 Å². The lowest BCUT2D eigenvalue weighted by Gasteiger charge is -2.26. The third kappa shape index (κ3) is 3.23. The van der Waals surface area contributed by atoms with Gasteiger partial charge in [-0.25, -0.2) is 0 Å². The van der Waals surface area contributed by atoms with Crippen LogP contribution >= 0.6 is 0 Å². The SMILES string of the molecule is CNC1c2cc(OC)ccc2CC1OCC1CCCCO1. The molecule has 0 bridgehead atoms. The molecule has 2 aliphatic rings. The van der Waals surface area contributed by atoms with Gasteiger partial charge >= 0.3 is 0 Å². The highest BCUT2D eigenvalue weighted by Crippen LogP contribution is 2.35. The third-order valence-electron chi connectivity index (χ3n) is 4.56. The zero-order valence-corrected chi connectivity index (χ0v) is 12.9. The molecule has 1 saturated heterocycles. The minimum atomic E-state index is 0.183. The Bertz CT molecular complexity index is 471. The Labute approximate surface area is 126 Å². The molecule has 3 atom stereocenters. The first-order valence-electron chi connectivity index (χ1n) is 7.89. The molecule has 116 valence electrons. The molecule has 21 heavy (non-hydrogen) atoms. The Hall–Kier alpha value is -1.10. The molecule has 1 aromatic rings. The normalized spacial score (nSPS) is 28.4. The van der Waals surface area contributed by atoms with E-state index in [0.29, 0.717) is 6.61 Å². The van der Waals surface area contributed by atoms with E-state index in [4.69, 9.17) is 14.2 Å². The smallest absolute Gasteiger partial charge is 0.119 e. The fourth-order valence-electron chi connectivity index (χ4n) is 3.38. The number of nitrogens with one attached hydrogen (secondary N) is 1. The number of hydrogen-bond acceptors (Lipinski definition) is 4. The second kappa shape index (κ2) is 6.77. The van der Waals surface area contributed by atoms with Gasteiger partial charge < -0.3 is 19.5 Å². The molecular formula is C17H25NO3. The molecule has 4 heteroatoms. The minimum Gasteiger partial charge on any atom is -0.497 e. The van der Waals surface area contributed by atoms with E-state index in [1.165, 1.54) is 24.0 Å².